The first-order valence-corrected chi connectivity index (χ1v) is 35.3. The number of ether oxygens (including phenoxy) is 5. The minimum atomic E-state index is -5.18. The summed E-state index contributed by atoms with van der Waals surface area (Å²) in [4.78, 5) is 113. The van der Waals surface area contributed by atoms with E-state index in [1.807, 2.05) is 0 Å². The molecule has 13 N–H and O–H groups in total. The minimum Gasteiger partial charge on any atom is -0.508 e. The molecule has 1 saturated heterocycles. The van der Waals surface area contributed by atoms with Crippen molar-refractivity contribution in [2.24, 2.45) is 10.9 Å². The van der Waals surface area contributed by atoms with Gasteiger partial charge in [0.25, 0.3) is 0 Å². The van der Waals surface area contributed by atoms with Crippen LogP contribution in [0.25, 0.3) is 12.2 Å². The van der Waals surface area contributed by atoms with Crippen LogP contribution in [0.4, 0.5) is 24.5 Å². The number of anilines is 2. The fraction of sp³-hybridized carbons (Fsp3) is 0.444. The van der Waals surface area contributed by atoms with E-state index in [-0.39, 0.29) is 94.1 Å². The van der Waals surface area contributed by atoms with Gasteiger partial charge in [0.05, 0.1) is 87.2 Å². The number of amides is 6. The Morgan fingerprint density at radius 2 is 1.31 bits per heavy atom. The molecule has 2 heterocycles. The maximum Gasteiger partial charge on any atom is 0.336 e. The van der Waals surface area contributed by atoms with Crippen molar-refractivity contribution in [3.05, 3.63) is 99.2 Å². The summed E-state index contributed by atoms with van der Waals surface area (Å²) in [5.41, 5.74) is 5.46. The molecule has 99 heavy (non-hydrogen) atoms. The fourth-order valence-corrected chi connectivity index (χ4v) is 14.0. The number of carbonyl (C=O) groups excluding carboxylic acids is 6. The monoisotopic (exact) mass is 1450 g/mol. The van der Waals surface area contributed by atoms with Crippen LogP contribution in [0.2, 0.25) is 0 Å². The van der Waals surface area contributed by atoms with Crippen molar-refractivity contribution in [3.63, 3.8) is 0 Å². The van der Waals surface area contributed by atoms with Crippen LogP contribution >= 0.6 is 11.8 Å². The molecule has 4 atom stereocenters. The molecule has 1 unspecified atom stereocenters. The number of rotatable bonds is 37. The van der Waals surface area contributed by atoms with Crippen molar-refractivity contribution < 1.29 is 117 Å². The van der Waals surface area contributed by atoms with Gasteiger partial charge in [0.2, 0.25) is 45.5 Å². The normalized spacial score (nSPS) is 15.9. The number of sulfone groups is 1. The highest BCUT2D eigenvalue weighted by atomic mass is 32.2. The van der Waals surface area contributed by atoms with E-state index in [0.717, 1.165) is 30.2 Å². The quantitative estimate of drug-likeness (QED) is 0.0151. The number of nitrogens with two attached hydrogens (primary N) is 2. The van der Waals surface area contributed by atoms with Crippen LogP contribution in [0.3, 0.4) is 0 Å². The van der Waals surface area contributed by atoms with Crippen LogP contribution in [0.1, 0.15) is 92.1 Å². The van der Waals surface area contributed by atoms with Gasteiger partial charge in [0.1, 0.15) is 40.3 Å². The number of imide groups is 1. The second-order valence-corrected chi connectivity index (χ2v) is 27.7. The number of hydrogen-bond donors (Lipinski definition) is 11. The molecule has 0 bridgehead atoms. The molecular formula is C63H75F3N8O22S3. The molecule has 2 aliphatic heterocycles. The number of benzene rings is 4. The average molecular weight is 1450 g/mol. The van der Waals surface area contributed by atoms with Gasteiger partial charge in [0.15, 0.2) is 32.2 Å². The van der Waals surface area contributed by atoms with Crippen LogP contribution in [-0.4, -0.2) is 197 Å². The third-order valence-corrected chi connectivity index (χ3v) is 19.6. The van der Waals surface area contributed by atoms with Gasteiger partial charge >= 0.3 is 17.9 Å². The van der Waals surface area contributed by atoms with Gasteiger partial charge in [-0.05, 0) is 54.0 Å². The Morgan fingerprint density at radius 1 is 0.707 bits per heavy atom. The molecule has 4 aromatic rings. The zero-order valence-electron chi connectivity index (χ0n) is 53.2. The molecule has 1 saturated carbocycles. The molecule has 2 fully saturated rings. The van der Waals surface area contributed by atoms with Crippen LogP contribution in [0.5, 0.6) is 17.2 Å². The highest BCUT2D eigenvalue weighted by Gasteiger charge is 2.42. The number of nitrogens with one attached hydrogen (secondary N) is 5. The van der Waals surface area contributed by atoms with Gasteiger partial charge in [-0.1, -0.05) is 56.9 Å². The highest BCUT2D eigenvalue weighted by Crippen LogP contribution is 2.41. The molecule has 3 aliphatic rings. The van der Waals surface area contributed by atoms with E-state index in [4.69, 9.17) is 34.6 Å². The lowest BCUT2D eigenvalue weighted by molar-refractivity contribution is -0.143. The summed E-state index contributed by atoms with van der Waals surface area (Å²) < 4.78 is 125. The molecular weight excluding hydrogens is 1370 g/mol. The second-order valence-electron chi connectivity index (χ2n) is 22.9. The van der Waals surface area contributed by atoms with Crippen molar-refractivity contribution in [1.82, 2.24) is 21.3 Å². The van der Waals surface area contributed by atoms with Gasteiger partial charge < -0.3 is 76.4 Å². The number of carboxylic acid groups (broad SMARTS) is 3. The van der Waals surface area contributed by atoms with E-state index in [0.29, 0.717) is 64.8 Å². The predicted octanol–water partition coefficient (Wildman–Crippen LogP) is 1.22. The number of carboxylic acids is 3. The number of thioether (sulfide) groups is 1. The summed E-state index contributed by atoms with van der Waals surface area (Å²) in [5.74, 6) is -17.5. The first-order valence-electron chi connectivity index (χ1n) is 31.1. The van der Waals surface area contributed by atoms with Crippen LogP contribution < -0.4 is 57.5 Å². The lowest BCUT2D eigenvalue weighted by atomic mass is 9.89. The number of sulfonamides is 1. The molecule has 30 nitrogen and oxygen atoms in total. The van der Waals surface area contributed by atoms with Gasteiger partial charge in [-0.15, -0.1) is 11.8 Å². The molecule has 0 radical (unpaired) electrons. The number of nitrogens with zero attached hydrogens (tertiary/aromatic N) is 1. The Balaban J connectivity index is 0.753. The molecule has 6 amide bonds. The number of aliphatic carboxylic acids is 2. The number of halogens is 3. The van der Waals surface area contributed by atoms with Crippen molar-refractivity contribution in [2.45, 2.75) is 110 Å². The van der Waals surface area contributed by atoms with E-state index in [1.165, 1.54) is 24.3 Å². The van der Waals surface area contributed by atoms with Gasteiger partial charge in [-0.3, -0.25) is 33.6 Å². The maximum absolute atomic E-state index is 15.7. The molecule has 0 aromatic heterocycles. The predicted molar refractivity (Wildman–Crippen MR) is 347 cm³/mol. The molecule has 1 aliphatic carbocycles. The van der Waals surface area contributed by atoms with Crippen LogP contribution in [0.15, 0.2) is 64.4 Å². The lowest BCUT2D eigenvalue weighted by Gasteiger charge is -2.25. The van der Waals surface area contributed by atoms with E-state index >= 15 is 8.78 Å². The number of carbonyl (C=O) groups is 9. The van der Waals surface area contributed by atoms with E-state index < -0.39 is 173 Å². The minimum absolute atomic E-state index is 0.0371. The third kappa shape index (κ3) is 21.4. The highest BCUT2D eigenvalue weighted by molar-refractivity contribution is 8.00. The van der Waals surface area contributed by atoms with Crippen molar-refractivity contribution in [3.8, 4) is 17.2 Å². The maximum atomic E-state index is 15.7. The molecule has 538 valence electrons. The number of fused-ring (bicyclic) bond motifs is 2. The summed E-state index contributed by atoms with van der Waals surface area (Å²) in [7, 11) is -10.1. The van der Waals surface area contributed by atoms with E-state index in [2.05, 4.69) is 33.2 Å². The summed E-state index contributed by atoms with van der Waals surface area (Å²) in [6.07, 6.45) is 2.30. The molecule has 7 rings (SSSR count). The van der Waals surface area contributed by atoms with Crippen LogP contribution in [-0.2, 0) is 77.2 Å². The smallest absolute Gasteiger partial charge is 0.336 e. The Morgan fingerprint density at radius 3 is 1.95 bits per heavy atom. The summed E-state index contributed by atoms with van der Waals surface area (Å²) >= 11 is 0.674. The summed E-state index contributed by atoms with van der Waals surface area (Å²) in [5, 5.41) is 56.8. The second kappa shape index (κ2) is 35.8. The zero-order valence-corrected chi connectivity index (χ0v) is 55.6. The average Bonchev–Trinajstić information content (AvgIpc) is 0.994. The number of aromatic hydroxyl groups is 1. The summed E-state index contributed by atoms with van der Waals surface area (Å²) in [6, 6.07) is 7.41. The van der Waals surface area contributed by atoms with Crippen molar-refractivity contribution in [2.75, 3.05) is 87.7 Å². The van der Waals surface area contributed by atoms with Gasteiger partial charge in [-0.2, -0.15) is 0 Å². The lowest BCUT2D eigenvalue weighted by Crippen LogP contribution is -2.57. The Labute approximate surface area is 569 Å². The van der Waals surface area contributed by atoms with Gasteiger partial charge in [0, 0.05) is 66.6 Å². The SMILES string of the molecule is C=c1ccc2c(c1)Oc1cc(O)ccc1C=2c1ccc(N2C(=O)CC(SC[C@H](NC(=O)[C@H](CC(=O)O)NC(=O)[C@@H](N)CNC(=O)CCOCCOCCOCCOCCNC(=O)CCS(=O)(=O)c3c(F)c(F)c(S(N)(=O)=O)c(F)c3NC3CCCCCCC3)C(=O)O)C2=O)cc1C(=O)O. The van der Waals surface area contributed by atoms with Crippen molar-refractivity contribution >= 4 is 109 Å². The first-order chi connectivity index (χ1) is 47.0. The summed E-state index contributed by atoms with van der Waals surface area (Å²) in [6.45, 7) is 3.83. The first kappa shape index (κ1) is 77.6. The van der Waals surface area contributed by atoms with Gasteiger partial charge in [-0.25, -0.2) is 49.6 Å². The largest absolute Gasteiger partial charge is 0.508 e. The number of phenols is 1. The zero-order chi connectivity index (χ0) is 72.3. The number of aromatic carboxylic acids is 1. The molecule has 36 heteroatoms. The number of primary sulfonamides is 1. The Hall–Kier alpha value is -8.75. The Bertz CT molecular complexity index is 4070. The standard InChI is InChI=1S/C63H75F3N8O22S3/c1-34-9-12-39-45(27-34)96-46-29-37(75)11-14-40(46)52(39)38-13-10-36(28-41(38)62(84)85)74-50(78)31-47(61(74)83)97-33-44(63(86)87)73-60(82)43(30-51(79)80)72-59(81)42(67)32-70-48(76)15-18-92-20-22-94-24-25-95-23-21-93-19-17-69-49(77)16-26-98(88,89)58-54(65)53(64)57(99(68,90)91)55(66)56(58)71-35-7-5-3-2-4-6-8-35/h9-14,27-29,35,42-44,47,71,75H,1-8,15-26,30-33,67H2,(H,69,77)(H,70,76)(H,72,81)(H,73,82)(H,79,80)(H,84,85)(H,86,87)(H2,68,90,91)/t42-,43-,44-,47?/m0/s1. The van der Waals surface area contributed by atoms with Crippen molar-refractivity contribution in [1.29, 1.82) is 0 Å². The number of hydrogen-bond acceptors (Lipinski definition) is 22. The topological polar surface area (TPSA) is 464 Å². The molecule has 0 spiro atoms. The molecule has 4 aromatic carbocycles. The van der Waals surface area contributed by atoms with E-state index in [9.17, 15) is 84.8 Å². The third-order valence-electron chi connectivity index (χ3n) is 15.6. The fourth-order valence-electron chi connectivity index (χ4n) is 10.7. The number of phenolic OH excluding ortho intramolecular Hbond substituents is 1. The van der Waals surface area contributed by atoms with E-state index in [1.54, 1.807) is 24.3 Å². The van der Waals surface area contributed by atoms with Crippen LogP contribution in [0, 0.1) is 17.5 Å². The Kier molecular flexibility index (Phi) is 28.1.